The molecule has 0 saturated carbocycles. The molecule has 1 aromatic carbocycles. The van der Waals surface area contributed by atoms with Crippen LogP contribution in [0.4, 0.5) is 5.69 Å². The predicted molar refractivity (Wildman–Crippen MR) is 71.8 cm³/mol. The molecular formula is C15H21NO2. The summed E-state index contributed by atoms with van der Waals surface area (Å²) in [6.07, 6.45) is 3.68. The molecule has 0 aliphatic carbocycles. The first-order valence-corrected chi connectivity index (χ1v) is 6.94. The topological polar surface area (TPSA) is 32.7 Å². The van der Waals surface area contributed by atoms with Crippen LogP contribution < -0.4 is 4.90 Å². The van der Waals surface area contributed by atoms with Crippen LogP contribution >= 0.6 is 0 Å². The van der Waals surface area contributed by atoms with Gasteiger partial charge in [0, 0.05) is 18.8 Å². The third-order valence-electron chi connectivity index (χ3n) is 4.07. The fourth-order valence-electron chi connectivity index (χ4n) is 2.97. The van der Waals surface area contributed by atoms with Gasteiger partial charge in [0.25, 0.3) is 0 Å². The zero-order valence-corrected chi connectivity index (χ0v) is 10.9. The molecule has 18 heavy (non-hydrogen) atoms. The summed E-state index contributed by atoms with van der Waals surface area (Å²) < 4.78 is 5.85. The SMILES string of the molecule is CC[C@H](O)c1ccc(N2CC3CCC(C2)O3)cc1. The molecule has 98 valence electrons. The molecule has 3 atom stereocenters. The van der Waals surface area contributed by atoms with Crippen LogP contribution in [0.3, 0.4) is 0 Å². The fourth-order valence-corrected chi connectivity index (χ4v) is 2.97. The first kappa shape index (κ1) is 12.0. The van der Waals surface area contributed by atoms with Gasteiger partial charge in [0.05, 0.1) is 18.3 Å². The molecule has 3 nitrogen and oxygen atoms in total. The van der Waals surface area contributed by atoms with E-state index >= 15 is 0 Å². The van der Waals surface area contributed by atoms with Gasteiger partial charge in [-0.25, -0.2) is 0 Å². The van der Waals surface area contributed by atoms with Gasteiger partial charge in [-0.3, -0.25) is 0 Å². The van der Waals surface area contributed by atoms with E-state index in [9.17, 15) is 5.11 Å². The molecule has 2 bridgehead atoms. The van der Waals surface area contributed by atoms with E-state index < -0.39 is 0 Å². The van der Waals surface area contributed by atoms with Crippen LogP contribution in [0, 0.1) is 0 Å². The van der Waals surface area contributed by atoms with Crippen LogP contribution in [0.2, 0.25) is 0 Å². The van der Waals surface area contributed by atoms with Gasteiger partial charge >= 0.3 is 0 Å². The predicted octanol–water partition coefficient (Wildman–Crippen LogP) is 2.50. The van der Waals surface area contributed by atoms with Gasteiger partial charge in [0.2, 0.25) is 0 Å². The Bertz CT molecular complexity index is 391. The Morgan fingerprint density at radius 1 is 1.22 bits per heavy atom. The van der Waals surface area contributed by atoms with E-state index in [-0.39, 0.29) is 6.10 Å². The third kappa shape index (κ3) is 2.25. The van der Waals surface area contributed by atoms with Crippen LogP contribution in [0.15, 0.2) is 24.3 Å². The number of nitrogens with zero attached hydrogens (tertiary/aromatic N) is 1. The van der Waals surface area contributed by atoms with E-state index in [1.807, 2.05) is 19.1 Å². The summed E-state index contributed by atoms with van der Waals surface area (Å²) in [4.78, 5) is 2.41. The van der Waals surface area contributed by atoms with E-state index in [2.05, 4.69) is 17.0 Å². The van der Waals surface area contributed by atoms with Gasteiger partial charge in [-0.05, 0) is 37.0 Å². The summed E-state index contributed by atoms with van der Waals surface area (Å²) in [5.41, 5.74) is 2.26. The molecule has 0 radical (unpaired) electrons. The van der Waals surface area contributed by atoms with Crippen molar-refractivity contribution in [1.82, 2.24) is 0 Å². The Labute approximate surface area is 108 Å². The van der Waals surface area contributed by atoms with Crippen LogP contribution in [0.1, 0.15) is 37.9 Å². The molecule has 0 aromatic heterocycles. The second kappa shape index (κ2) is 4.90. The molecular weight excluding hydrogens is 226 g/mol. The van der Waals surface area contributed by atoms with Crippen molar-refractivity contribution < 1.29 is 9.84 Å². The molecule has 1 N–H and O–H groups in total. The van der Waals surface area contributed by atoms with Gasteiger partial charge in [0.15, 0.2) is 0 Å². The van der Waals surface area contributed by atoms with Crippen molar-refractivity contribution in [3.8, 4) is 0 Å². The zero-order chi connectivity index (χ0) is 12.5. The van der Waals surface area contributed by atoms with Crippen LogP contribution in [-0.2, 0) is 4.74 Å². The molecule has 2 heterocycles. The van der Waals surface area contributed by atoms with Crippen molar-refractivity contribution in [2.45, 2.75) is 44.5 Å². The molecule has 0 amide bonds. The molecule has 0 spiro atoms. The number of ether oxygens (including phenoxy) is 1. The molecule has 2 saturated heterocycles. The maximum Gasteiger partial charge on any atom is 0.0787 e. The number of fused-ring (bicyclic) bond motifs is 2. The molecule has 1 aromatic rings. The van der Waals surface area contributed by atoms with Gasteiger partial charge in [-0.1, -0.05) is 19.1 Å². The highest BCUT2D eigenvalue weighted by Gasteiger charge is 2.33. The largest absolute Gasteiger partial charge is 0.388 e. The molecule has 2 fully saturated rings. The molecule has 3 rings (SSSR count). The number of rotatable bonds is 3. The normalized spacial score (nSPS) is 28.4. The Hall–Kier alpha value is -1.06. The lowest BCUT2D eigenvalue weighted by molar-refractivity contribution is 0.0305. The fraction of sp³-hybridized carbons (Fsp3) is 0.600. The number of aliphatic hydroxyl groups is 1. The van der Waals surface area contributed by atoms with Gasteiger partial charge in [-0.15, -0.1) is 0 Å². The van der Waals surface area contributed by atoms with Crippen molar-refractivity contribution in [2.24, 2.45) is 0 Å². The number of aliphatic hydroxyl groups excluding tert-OH is 1. The lowest BCUT2D eigenvalue weighted by Gasteiger charge is -2.34. The smallest absolute Gasteiger partial charge is 0.0787 e. The highest BCUT2D eigenvalue weighted by atomic mass is 16.5. The number of benzene rings is 1. The summed E-state index contributed by atoms with van der Waals surface area (Å²) >= 11 is 0. The van der Waals surface area contributed by atoms with E-state index in [0.29, 0.717) is 12.2 Å². The molecule has 2 unspecified atom stereocenters. The molecule has 2 aliphatic heterocycles. The van der Waals surface area contributed by atoms with E-state index in [4.69, 9.17) is 4.74 Å². The second-order valence-electron chi connectivity index (χ2n) is 5.38. The van der Waals surface area contributed by atoms with Crippen LogP contribution in [-0.4, -0.2) is 30.4 Å². The number of anilines is 1. The Balaban J connectivity index is 1.73. The third-order valence-corrected chi connectivity index (χ3v) is 4.07. The Morgan fingerprint density at radius 2 is 1.83 bits per heavy atom. The van der Waals surface area contributed by atoms with Crippen molar-refractivity contribution >= 4 is 5.69 Å². The maximum absolute atomic E-state index is 9.79. The molecule has 2 aliphatic rings. The quantitative estimate of drug-likeness (QED) is 0.890. The summed E-state index contributed by atoms with van der Waals surface area (Å²) in [7, 11) is 0. The average Bonchev–Trinajstić information content (AvgIpc) is 2.77. The number of hydrogen-bond acceptors (Lipinski definition) is 3. The lowest BCUT2D eigenvalue weighted by Crippen LogP contribution is -2.42. The summed E-state index contributed by atoms with van der Waals surface area (Å²) in [5.74, 6) is 0. The second-order valence-corrected chi connectivity index (χ2v) is 5.38. The average molecular weight is 247 g/mol. The summed E-state index contributed by atoms with van der Waals surface area (Å²) in [6.45, 7) is 4.01. The van der Waals surface area contributed by atoms with Gasteiger partial charge < -0.3 is 14.7 Å². The first-order chi connectivity index (χ1) is 8.76. The van der Waals surface area contributed by atoms with Crippen LogP contribution in [0.5, 0.6) is 0 Å². The number of morpholine rings is 1. The standard InChI is InChI=1S/C15H21NO2/c1-2-15(17)11-3-5-12(6-4-11)16-9-13-7-8-14(10-16)18-13/h3-6,13-15,17H,2,7-10H2,1H3/t13?,14?,15-/m0/s1. The Kier molecular flexibility index (Phi) is 3.27. The summed E-state index contributed by atoms with van der Waals surface area (Å²) in [6, 6.07) is 8.33. The van der Waals surface area contributed by atoms with E-state index in [1.54, 1.807) is 0 Å². The summed E-state index contributed by atoms with van der Waals surface area (Å²) in [5, 5.41) is 9.79. The van der Waals surface area contributed by atoms with E-state index in [1.165, 1.54) is 18.5 Å². The molecule has 3 heteroatoms. The van der Waals surface area contributed by atoms with Crippen LogP contribution in [0.25, 0.3) is 0 Å². The van der Waals surface area contributed by atoms with Crippen molar-refractivity contribution in [3.05, 3.63) is 29.8 Å². The Morgan fingerprint density at radius 3 is 2.39 bits per heavy atom. The van der Waals surface area contributed by atoms with Crippen molar-refractivity contribution in [2.75, 3.05) is 18.0 Å². The highest BCUT2D eigenvalue weighted by Crippen LogP contribution is 2.30. The van der Waals surface area contributed by atoms with Crippen molar-refractivity contribution in [3.63, 3.8) is 0 Å². The highest BCUT2D eigenvalue weighted by molar-refractivity contribution is 5.48. The monoisotopic (exact) mass is 247 g/mol. The van der Waals surface area contributed by atoms with Gasteiger partial charge in [0.1, 0.15) is 0 Å². The number of hydrogen-bond donors (Lipinski definition) is 1. The zero-order valence-electron chi connectivity index (χ0n) is 10.9. The maximum atomic E-state index is 9.79. The van der Waals surface area contributed by atoms with Crippen molar-refractivity contribution in [1.29, 1.82) is 0 Å². The minimum Gasteiger partial charge on any atom is -0.388 e. The minimum absolute atomic E-state index is 0.333. The first-order valence-electron chi connectivity index (χ1n) is 6.94. The minimum atomic E-state index is -0.333. The lowest BCUT2D eigenvalue weighted by atomic mass is 10.1. The van der Waals surface area contributed by atoms with E-state index in [0.717, 1.165) is 25.1 Å². The van der Waals surface area contributed by atoms with Gasteiger partial charge in [-0.2, -0.15) is 0 Å².